The summed E-state index contributed by atoms with van der Waals surface area (Å²) in [4.78, 5) is 24.5. The molecule has 0 radical (unpaired) electrons. The predicted octanol–water partition coefficient (Wildman–Crippen LogP) is 1.70. The molecule has 1 N–H and O–H groups in total. The average Bonchev–Trinajstić information content (AvgIpc) is 2.63. The molecular weight excluding hydrogens is 292 g/mol. The van der Waals surface area contributed by atoms with Crippen LogP contribution in [0.15, 0.2) is 42.9 Å². The van der Waals surface area contributed by atoms with Gasteiger partial charge in [0.25, 0.3) is 0 Å². The fourth-order valence-electron chi connectivity index (χ4n) is 2.42. The molecule has 0 aliphatic carbocycles. The number of anilines is 2. The normalized spacial score (nSPS) is 14.2. The van der Waals surface area contributed by atoms with Crippen molar-refractivity contribution in [3.8, 4) is 6.07 Å². The second-order valence-corrected chi connectivity index (χ2v) is 5.16. The number of nitrogens with zero attached hydrogens (tertiary/aromatic N) is 5. The van der Waals surface area contributed by atoms with Gasteiger partial charge in [0.1, 0.15) is 5.82 Å². The Labute approximate surface area is 134 Å². The molecule has 0 spiro atoms. The summed E-state index contributed by atoms with van der Waals surface area (Å²) in [5.41, 5.74) is 1.26. The number of benzene rings is 1. The van der Waals surface area contributed by atoms with Gasteiger partial charge in [0.05, 0.1) is 17.8 Å². The molecule has 2 amide bonds. The molecule has 1 aliphatic rings. The minimum absolute atomic E-state index is 0.131. The van der Waals surface area contributed by atoms with Crippen molar-refractivity contribution in [2.24, 2.45) is 0 Å². The molecule has 7 heteroatoms. The van der Waals surface area contributed by atoms with Gasteiger partial charge in [-0.2, -0.15) is 5.26 Å². The first kappa shape index (κ1) is 14.8. The van der Waals surface area contributed by atoms with Gasteiger partial charge in [-0.15, -0.1) is 0 Å². The minimum Gasteiger partial charge on any atom is -0.352 e. The zero-order chi connectivity index (χ0) is 16.1. The van der Waals surface area contributed by atoms with Crippen LogP contribution in [0.1, 0.15) is 5.56 Å². The van der Waals surface area contributed by atoms with Crippen LogP contribution in [0, 0.1) is 11.3 Å². The monoisotopic (exact) mass is 308 g/mol. The number of amides is 2. The third-order valence-electron chi connectivity index (χ3n) is 3.71. The standard InChI is InChI=1S/C16H16N6O/c17-11-13-1-3-14(4-2-13)20-16(23)22-9-7-21(8-10-22)15-12-18-5-6-19-15/h1-6,12H,7-10H2,(H,20,23). The van der Waals surface area contributed by atoms with Crippen LogP contribution in [-0.2, 0) is 0 Å². The van der Waals surface area contributed by atoms with Gasteiger partial charge in [-0.1, -0.05) is 0 Å². The topological polar surface area (TPSA) is 85.2 Å². The second kappa shape index (κ2) is 6.75. The number of urea groups is 1. The van der Waals surface area contributed by atoms with Gasteiger partial charge in [-0.25, -0.2) is 9.78 Å². The number of carbonyl (C=O) groups excluding carboxylic acids is 1. The van der Waals surface area contributed by atoms with Gasteiger partial charge in [0.15, 0.2) is 0 Å². The number of carbonyl (C=O) groups is 1. The molecule has 1 fully saturated rings. The SMILES string of the molecule is N#Cc1ccc(NC(=O)N2CCN(c3cnccn3)CC2)cc1. The van der Waals surface area contributed by atoms with Crippen LogP contribution < -0.4 is 10.2 Å². The number of piperazine rings is 1. The maximum Gasteiger partial charge on any atom is 0.321 e. The van der Waals surface area contributed by atoms with Crippen molar-refractivity contribution < 1.29 is 4.79 Å². The van der Waals surface area contributed by atoms with Crippen LogP contribution in [-0.4, -0.2) is 47.1 Å². The van der Waals surface area contributed by atoms with Gasteiger partial charge in [0, 0.05) is 44.3 Å². The molecule has 0 bridgehead atoms. The Morgan fingerprint density at radius 2 is 1.87 bits per heavy atom. The molecule has 23 heavy (non-hydrogen) atoms. The number of rotatable bonds is 2. The van der Waals surface area contributed by atoms with E-state index in [0.717, 1.165) is 18.9 Å². The van der Waals surface area contributed by atoms with Gasteiger partial charge in [-0.3, -0.25) is 4.98 Å². The van der Waals surface area contributed by atoms with Crippen molar-refractivity contribution in [1.82, 2.24) is 14.9 Å². The molecule has 2 heterocycles. The molecule has 0 saturated carbocycles. The fourth-order valence-corrected chi connectivity index (χ4v) is 2.42. The highest BCUT2D eigenvalue weighted by Crippen LogP contribution is 2.13. The van der Waals surface area contributed by atoms with Gasteiger partial charge < -0.3 is 15.1 Å². The summed E-state index contributed by atoms with van der Waals surface area (Å²) in [5.74, 6) is 0.833. The van der Waals surface area contributed by atoms with Gasteiger partial charge in [-0.05, 0) is 24.3 Å². The Morgan fingerprint density at radius 1 is 1.13 bits per heavy atom. The number of nitrogens with one attached hydrogen (secondary N) is 1. The van der Waals surface area contributed by atoms with E-state index in [4.69, 9.17) is 5.26 Å². The molecule has 0 unspecified atom stereocenters. The van der Waals surface area contributed by atoms with E-state index in [1.807, 2.05) is 0 Å². The van der Waals surface area contributed by atoms with Crippen LogP contribution in [0.25, 0.3) is 0 Å². The second-order valence-electron chi connectivity index (χ2n) is 5.16. The highest BCUT2D eigenvalue weighted by atomic mass is 16.2. The highest BCUT2D eigenvalue weighted by Gasteiger charge is 2.21. The lowest BCUT2D eigenvalue weighted by molar-refractivity contribution is 0.208. The number of aromatic nitrogens is 2. The molecule has 3 rings (SSSR count). The Bertz CT molecular complexity index is 702. The quantitative estimate of drug-likeness (QED) is 0.912. The molecule has 1 aromatic heterocycles. The first-order valence-corrected chi connectivity index (χ1v) is 7.33. The summed E-state index contributed by atoms with van der Waals surface area (Å²) in [7, 11) is 0. The largest absolute Gasteiger partial charge is 0.352 e. The van der Waals surface area contributed by atoms with E-state index in [1.165, 1.54) is 0 Å². The molecule has 1 aromatic carbocycles. The summed E-state index contributed by atoms with van der Waals surface area (Å²) in [6, 6.07) is 8.74. The van der Waals surface area contributed by atoms with Crippen LogP contribution in [0.2, 0.25) is 0 Å². The first-order chi connectivity index (χ1) is 11.3. The third kappa shape index (κ3) is 3.55. The van der Waals surface area contributed by atoms with Crippen molar-refractivity contribution in [1.29, 1.82) is 5.26 Å². The zero-order valence-electron chi connectivity index (χ0n) is 12.5. The van der Waals surface area contributed by atoms with E-state index < -0.39 is 0 Å². The first-order valence-electron chi connectivity index (χ1n) is 7.33. The summed E-state index contributed by atoms with van der Waals surface area (Å²) in [6.07, 6.45) is 5.04. The maximum atomic E-state index is 12.3. The van der Waals surface area contributed by atoms with Crippen LogP contribution in [0.3, 0.4) is 0 Å². The van der Waals surface area contributed by atoms with Gasteiger partial charge >= 0.3 is 6.03 Å². The smallest absolute Gasteiger partial charge is 0.321 e. The molecule has 7 nitrogen and oxygen atoms in total. The highest BCUT2D eigenvalue weighted by molar-refractivity contribution is 5.89. The van der Waals surface area contributed by atoms with Crippen molar-refractivity contribution in [3.05, 3.63) is 48.4 Å². The van der Waals surface area contributed by atoms with Gasteiger partial charge in [0.2, 0.25) is 0 Å². The summed E-state index contributed by atoms with van der Waals surface area (Å²) >= 11 is 0. The molecule has 1 aliphatic heterocycles. The Kier molecular flexibility index (Phi) is 4.34. The zero-order valence-corrected chi connectivity index (χ0v) is 12.5. The maximum absolute atomic E-state index is 12.3. The third-order valence-corrected chi connectivity index (χ3v) is 3.71. The van der Waals surface area contributed by atoms with Crippen molar-refractivity contribution in [2.45, 2.75) is 0 Å². The predicted molar refractivity (Wildman–Crippen MR) is 86.0 cm³/mol. The lowest BCUT2D eigenvalue weighted by Gasteiger charge is -2.35. The molecular formula is C16H16N6O. The van der Waals surface area contributed by atoms with E-state index in [0.29, 0.717) is 24.3 Å². The van der Waals surface area contributed by atoms with Crippen LogP contribution in [0.4, 0.5) is 16.3 Å². The van der Waals surface area contributed by atoms with Crippen LogP contribution in [0.5, 0.6) is 0 Å². The van der Waals surface area contributed by atoms with Crippen molar-refractivity contribution in [3.63, 3.8) is 0 Å². The number of hydrogen-bond donors (Lipinski definition) is 1. The summed E-state index contributed by atoms with van der Waals surface area (Å²) in [6.45, 7) is 2.69. The Morgan fingerprint density at radius 3 is 2.48 bits per heavy atom. The molecule has 0 atom stereocenters. The Hall–Kier alpha value is -3.14. The van der Waals surface area contributed by atoms with E-state index in [1.54, 1.807) is 47.8 Å². The summed E-state index contributed by atoms with van der Waals surface area (Å²) in [5, 5.41) is 11.6. The molecule has 2 aromatic rings. The van der Waals surface area contributed by atoms with E-state index in [2.05, 4.69) is 26.3 Å². The van der Waals surface area contributed by atoms with Crippen molar-refractivity contribution in [2.75, 3.05) is 36.4 Å². The Balaban J connectivity index is 1.55. The van der Waals surface area contributed by atoms with E-state index in [-0.39, 0.29) is 6.03 Å². The minimum atomic E-state index is -0.131. The molecule has 116 valence electrons. The van der Waals surface area contributed by atoms with Crippen LogP contribution >= 0.6 is 0 Å². The molecule has 1 saturated heterocycles. The number of hydrogen-bond acceptors (Lipinski definition) is 5. The summed E-state index contributed by atoms with van der Waals surface area (Å²) < 4.78 is 0. The average molecular weight is 308 g/mol. The fraction of sp³-hybridized carbons (Fsp3) is 0.250. The van der Waals surface area contributed by atoms with E-state index >= 15 is 0 Å². The number of nitriles is 1. The lowest BCUT2D eigenvalue weighted by Crippen LogP contribution is -2.50. The van der Waals surface area contributed by atoms with Crippen molar-refractivity contribution >= 4 is 17.5 Å². The van der Waals surface area contributed by atoms with E-state index in [9.17, 15) is 4.79 Å². The lowest BCUT2D eigenvalue weighted by atomic mass is 10.2.